The van der Waals surface area contributed by atoms with Gasteiger partial charge in [0.1, 0.15) is 8.07 Å². The molecule has 4 rings (SSSR count). The van der Waals surface area contributed by atoms with E-state index < -0.39 is 30.4 Å². The van der Waals surface area contributed by atoms with Crippen LogP contribution in [0.2, 0.25) is 51.9 Å². The van der Waals surface area contributed by atoms with E-state index in [9.17, 15) is 0 Å². The highest BCUT2D eigenvalue weighted by atomic mass is 29.6. The second kappa shape index (κ2) is 9.71. The molecule has 0 amide bonds. The van der Waals surface area contributed by atoms with Crippen molar-refractivity contribution < 1.29 is 0 Å². The fourth-order valence-corrected chi connectivity index (χ4v) is 74.5. The van der Waals surface area contributed by atoms with Gasteiger partial charge in [-0.05, 0) is 29.2 Å². The minimum absolute atomic E-state index is 1.25. The van der Waals surface area contributed by atoms with Crippen LogP contribution in [0, 0.1) is 0 Å². The zero-order chi connectivity index (χ0) is 26.4. The highest BCUT2D eigenvalue weighted by molar-refractivity contribution is 7.76. The molecule has 1 heterocycles. The van der Waals surface area contributed by atoms with Gasteiger partial charge in [-0.1, -0.05) is 165 Å². The maximum Gasteiger partial charge on any atom is 0.106 e. The van der Waals surface area contributed by atoms with E-state index in [0.717, 1.165) is 0 Å². The van der Waals surface area contributed by atoms with Crippen LogP contribution in [0.3, 0.4) is 0 Å². The van der Waals surface area contributed by atoms with E-state index >= 15 is 0 Å². The van der Waals surface area contributed by atoms with Crippen molar-refractivity contribution in [3.63, 3.8) is 0 Å². The minimum Gasteiger partial charge on any atom is -0.0775 e. The van der Waals surface area contributed by atoms with Gasteiger partial charge >= 0.3 is 0 Å². The Morgan fingerprint density at radius 3 is 1.33 bits per heavy atom. The zero-order valence-electron chi connectivity index (χ0n) is 23.9. The van der Waals surface area contributed by atoms with Crippen molar-refractivity contribution in [2.75, 3.05) is 0 Å². The first kappa shape index (κ1) is 27.1. The van der Waals surface area contributed by atoms with E-state index in [4.69, 9.17) is 0 Å². The van der Waals surface area contributed by atoms with Crippen LogP contribution in [0.15, 0.2) is 101 Å². The summed E-state index contributed by atoms with van der Waals surface area (Å²) in [5.74, 6) is 0. The molecule has 0 aliphatic carbocycles. The largest absolute Gasteiger partial charge is 0.106 e. The van der Waals surface area contributed by atoms with Crippen LogP contribution in [0.5, 0.6) is 0 Å². The van der Waals surface area contributed by atoms with Crippen LogP contribution < -0.4 is 5.19 Å². The van der Waals surface area contributed by atoms with Gasteiger partial charge in [-0.15, -0.1) is 0 Å². The van der Waals surface area contributed by atoms with Crippen molar-refractivity contribution in [1.82, 2.24) is 0 Å². The van der Waals surface area contributed by atoms with Gasteiger partial charge in [-0.2, -0.15) is 0 Å². The molecule has 0 N–H and O–H groups in total. The number of hydrogen-bond donors (Lipinski definition) is 0. The van der Waals surface area contributed by atoms with Gasteiger partial charge in [0.25, 0.3) is 0 Å². The van der Waals surface area contributed by atoms with E-state index in [1.165, 1.54) is 17.2 Å². The summed E-state index contributed by atoms with van der Waals surface area (Å²) in [7, 11) is -7.26. The number of allylic oxidation sites excluding steroid dienone is 3. The third-order valence-electron chi connectivity index (χ3n) is 8.86. The second-order valence-corrected chi connectivity index (χ2v) is 44.5. The lowest BCUT2D eigenvalue weighted by Crippen LogP contribution is -2.77. The Hall–Kier alpha value is -1.99. The quantitative estimate of drug-likeness (QED) is 0.263. The van der Waals surface area contributed by atoms with Gasteiger partial charge in [0.2, 0.25) is 0 Å². The Morgan fingerprint density at radius 2 is 0.944 bits per heavy atom. The molecule has 0 nitrogen and oxygen atoms in total. The third kappa shape index (κ3) is 4.07. The highest BCUT2D eigenvalue weighted by Crippen LogP contribution is 2.57. The summed E-state index contributed by atoms with van der Waals surface area (Å²) < 4.78 is 0. The smallest absolute Gasteiger partial charge is 0.0775 e. The number of hydrogen-bond acceptors (Lipinski definition) is 0. The van der Waals surface area contributed by atoms with Gasteiger partial charge in [-0.3, -0.25) is 0 Å². The monoisotopic (exact) mass is 540 g/mol. The highest BCUT2D eigenvalue weighted by Gasteiger charge is 2.65. The lowest BCUT2D eigenvalue weighted by Gasteiger charge is -2.55. The Morgan fingerprint density at radius 1 is 0.556 bits per heavy atom. The van der Waals surface area contributed by atoms with Crippen molar-refractivity contribution >= 4 is 46.7 Å². The summed E-state index contributed by atoms with van der Waals surface area (Å²) in [5.41, 5.74) is 6.05. The average Bonchev–Trinajstić information content (AvgIpc) is 3.16. The average molecular weight is 541 g/mol. The Kier molecular flexibility index (Phi) is 7.30. The van der Waals surface area contributed by atoms with Crippen molar-refractivity contribution in [3.05, 3.63) is 112 Å². The maximum atomic E-state index is 2.72. The molecule has 0 bridgehead atoms. The summed E-state index contributed by atoms with van der Waals surface area (Å²) in [5, 5.41) is 3.41. The van der Waals surface area contributed by atoms with Crippen molar-refractivity contribution in [3.8, 4) is 0 Å². The summed E-state index contributed by atoms with van der Waals surface area (Å²) >= 11 is 0. The molecule has 3 aromatic rings. The zero-order valence-corrected chi connectivity index (χ0v) is 27.9. The van der Waals surface area contributed by atoms with Crippen LogP contribution in [-0.4, -0.2) is 30.4 Å². The molecule has 1 unspecified atom stereocenters. The van der Waals surface area contributed by atoms with E-state index in [1.807, 2.05) is 4.82 Å². The van der Waals surface area contributed by atoms with Crippen LogP contribution in [-0.2, 0) is 0 Å². The van der Waals surface area contributed by atoms with Gasteiger partial charge < -0.3 is 0 Å². The van der Waals surface area contributed by atoms with Crippen LogP contribution in [0.1, 0.15) is 25.0 Å². The summed E-state index contributed by atoms with van der Waals surface area (Å²) in [6.07, 6.45) is 0. The molecule has 36 heavy (non-hydrogen) atoms. The topological polar surface area (TPSA) is 0 Å². The molecule has 1 atom stereocenters. The number of benzene rings is 3. The lowest BCUT2D eigenvalue weighted by atomic mass is 9.93. The minimum atomic E-state index is -2.01. The van der Waals surface area contributed by atoms with Crippen molar-refractivity contribution in [2.45, 2.75) is 65.7 Å². The molecule has 3 aromatic carbocycles. The van der Waals surface area contributed by atoms with Gasteiger partial charge in [0.15, 0.2) is 0 Å². The Balaban J connectivity index is 2.30. The first-order chi connectivity index (χ1) is 16.9. The molecule has 0 radical (unpaired) electrons. The first-order valence-electron chi connectivity index (χ1n) is 13.5. The van der Waals surface area contributed by atoms with Crippen LogP contribution in [0.4, 0.5) is 0 Å². The molecule has 188 valence electrons. The summed E-state index contributed by atoms with van der Waals surface area (Å²) in [4.78, 5) is 1.98. The predicted molar refractivity (Wildman–Crippen MR) is 173 cm³/mol. The Bertz CT molecular complexity index is 1260. The van der Waals surface area contributed by atoms with E-state index in [2.05, 4.69) is 151 Å². The molecular formula is C32H44Si4. The molecular weight excluding hydrogens is 497 g/mol. The first-order valence-corrected chi connectivity index (χ1v) is 27.2. The molecule has 1 aliphatic heterocycles. The summed E-state index contributed by atoms with van der Waals surface area (Å²) in [6.45, 7) is 24.1. The maximum absolute atomic E-state index is 2.72. The molecule has 0 fully saturated rings. The van der Waals surface area contributed by atoms with Gasteiger partial charge in [0.05, 0.1) is 7.11 Å². The molecule has 0 spiro atoms. The predicted octanol–water partition coefficient (Wildman–Crippen LogP) is 8.83. The third-order valence-corrected chi connectivity index (χ3v) is 55.1. The molecule has 1 aliphatic rings. The van der Waals surface area contributed by atoms with Crippen LogP contribution in [0.25, 0.3) is 11.1 Å². The fourth-order valence-electron chi connectivity index (χ4n) is 7.76. The van der Waals surface area contributed by atoms with E-state index in [0.29, 0.717) is 0 Å². The standard InChI is InChI=1S/C32H44Si4/c1-10-35(9,29-24-18-13-19-25-29)32-31(28-22-16-12-17-23-28)30(27-20-14-11-15-21-27)26(2)36(32,33(3,4)5)34(6,7)8/h11-25H,10H2,1-9H3. The van der Waals surface area contributed by atoms with Gasteiger partial charge in [-0.25, -0.2) is 0 Å². The van der Waals surface area contributed by atoms with E-state index in [-0.39, 0.29) is 0 Å². The summed E-state index contributed by atoms with van der Waals surface area (Å²) in [6, 6.07) is 35.7. The van der Waals surface area contributed by atoms with Crippen molar-refractivity contribution in [2.24, 2.45) is 0 Å². The molecule has 0 aromatic heterocycles. The number of rotatable bonds is 7. The fraction of sp³-hybridized carbons (Fsp3) is 0.312. The molecule has 0 saturated heterocycles. The van der Waals surface area contributed by atoms with Crippen LogP contribution >= 0.6 is 0 Å². The Labute approximate surface area is 223 Å². The van der Waals surface area contributed by atoms with Crippen molar-refractivity contribution in [1.29, 1.82) is 0 Å². The lowest BCUT2D eigenvalue weighted by molar-refractivity contribution is 1.38. The molecule has 0 saturated carbocycles. The second-order valence-electron chi connectivity index (χ2n) is 12.8. The normalized spacial score (nSPS) is 17.9. The van der Waals surface area contributed by atoms with Gasteiger partial charge in [0, 0.05) is 15.2 Å². The van der Waals surface area contributed by atoms with E-state index in [1.54, 1.807) is 21.5 Å². The molecule has 4 heteroatoms. The SMILES string of the molecule is CC[Si](C)(C1=C(c2ccccc2)C(c2ccccc2)=C(C)[Si]1([Si](C)(C)C)[Si](C)(C)C)c1ccccc1.